The highest BCUT2D eigenvalue weighted by Crippen LogP contribution is 2.17. The predicted molar refractivity (Wildman–Crippen MR) is 46.0 cm³/mol. The smallest absolute Gasteiger partial charge is 0.103 e. The van der Waals surface area contributed by atoms with Crippen molar-refractivity contribution in [2.24, 2.45) is 0 Å². The maximum atomic E-state index is 5.51. The highest BCUT2D eigenvalue weighted by Gasteiger charge is 2.15. The number of ether oxygens (including phenoxy) is 1. The largest absolute Gasteiger partial charge is 0.469 e. The second kappa shape index (κ2) is 3.76. The van der Waals surface area contributed by atoms with E-state index in [0.29, 0.717) is 6.10 Å². The van der Waals surface area contributed by atoms with Crippen LogP contribution in [0.4, 0.5) is 0 Å². The van der Waals surface area contributed by atoms with Gasteiger partial charge in [0.05, 0.1) is 12.4 Å². The normalized spacial score (nSPS) is 23.2. The van der Waals surface area contributed by atoms with Crippen molar-refractivity contribution in [3.05, 3.63) is 24.2 Å². The average molecular weight is 166 g/mol. The number of furan rings is 1. The lowest BCUT2D eigenvalue weighted by atomic mass is 10.1. The Kier molecular flexibility index (Phi) is 2.47. The molecule has 0 amide bonds. The lowest BCUT2D eigenvalue weighted by Crippen LogP contribution is -2.05. The Balaban J connectivity index is 1.74. The van der Waals surface area contributed by atoms with E-state index in [4.69, 9.17) is 9.15 Å². The molecule has 2 nitrogen and oxygen atoms in total. The molecule has 0 radical (unpaired) electrons. The Hall–Kier alpha value is -0.760. The van der Waals surface area contributed by atoms with Crippen LogP contribution in [-0.2, 0) is 11.2 Å². The molecule has 1 saturated heterocycles. The Labute approximate surface area is 72.5 Å². The number of hydrogen-bond acceptors (Lipinski definition) is 2. The van der Waals surface area contributed by atoms with E-state index in [2.05, 4.69) is 0 Å². The van der Waals surface area contributed by atoms with Crippen molar-refractivity contribution in [1.29, 1.82) is 0 Å². The lowest BCUT2D eigenvalue weighted by molar-refractivity contribution is 0.103. The SMILES string of the molecule is c1coc(CCC2CCCO2)c1. The van der Waals surface area contributed by atoms with Crippen LogP contribution < -0.4 is 0 Å². The van der Waals surface area contributed by atoms with Crippen molar-refractivity contribution < 1.29 is 9.15 Å². The van der Waals surface area contributed by atoms with Crippen LogP contribution in [0.1, 0.15) is 25.0 Å². The quantitative estimate of drug-likeness (QED) is 0.688. The molecule has 1 unspecified atom stereocenters. The van der Waals surface area contributed by atoms with Gasteiger partial charge in [0.25, 0.3) is 0 Å². The minimum absolute atomic E-state index is 0.482. The van der Waals surface area contributed by atoms with Gasteiger partial charge in [-0.15, -0.1) is 0 Å². The van der Waals surface area contributed by atoms with Gasteiger partial charge in [0.2, 0.25) is 0 Å². The van der Waals surface area contributed by atoms with Gasteiger partial charge in [0.1, 0.15) is 5.76 Å². The number of hydrogen-bond donors (Lipinski definition) is 0. The van der Waals surface area contributed by atoms with Gasteiger partial charge in [0, 0.05) is 13.0 Å². The summed E-state index contributed by atoms with van der Waals surface area (Å²) in [6, 6.07) is 3.96. The van der Waals surface area contributed by atoms with Crippen LogP contribution in [0.3, 0.4) is 0 Å². The second-order valence-corrected chi connectivity index (χ2v) is 3.25. The van der Waals surface area contributed by atoms with Crippen LogP contribution in [0.2, 0.25) is 0 Å². The van der Waals surface area contributed by atoms with Crippen molar-refractivity contribution in [2.45, 2.75) is 31.8 Å². The summed E-state index contributed by atoms with van der Waals surface area (Å²) in [5.41, 5.74) is 0. The first-order valence-electron chi connectivity index (χ1n) is 4.59. The van der Waals surface area contributed by atoms with E-state index in [0.717, 1.165) is 25.2 Å². The van der Waals surface area contributed by atoms with Gasteiger partial charge in [-0.2, -0.15) is 0 Å². The van der Waals surface area contributed by atoms with Gasteiger partial charge < -0.3 is 9.15 Å². The van der Waals surface area contributed by atoms with E-state index >= 15 is 0 Å². The van der Waals surface area contributed by atoms with Crippen LogP contribution >= 0.6 is 0 Å². The third-order valence-corrected chi connectivity index (χ3v) is 2.32. The van der Waals surface area contributed by atoms with Gasteiger partial charge in [-0.1, -0.05) is 0 Å². The van der Waals surface area contributed by atoms with E-state index in [1.165, 1.54) is 12.8 Å². The zero-order valence-corrected chi connectivity index (χ0v) is 7.16. The van der Waals surface area contributed by atoms with Crippen molar-refractivity contribution >= 4 is 0 Å². The molecule has 1 aliphatic rings. The maximum absolute atomic E-state index is 5.51. The molecule has 0 saturated carbocycles. The Morgan fingerprint density at radius 1 is 1.50 bits per heavy atom. The van der Waals surface area contributed by atoms with E-state index in [1.807, 2.05) is 12.1 Å². The molecular formula is C10H14O2. The zero-order valence-electron chi connectivity index (χ0n) is 7.16. The maximum Gasteiger partial charge on any atom is 0.103 e. The first-order chi connectivity index (χ1) is 5.95. The fourth-order valence-electron chi connectivity index (χ4n) is 1.63. The van der Waals surface area contributed by atoms with Crippen LogP contribution in [0, 0.1) is 0 Å². The molecule has 2 heteroatoms. The molecule has 0 spiro atoms. The van der Waals surface area contributed by atoms with Crippen LogP contribution in [0.15, 0.2) is 22.8 Å². The fraction of sp³-hybridized carbons (Fsp3) is 0.600. The third kappa shape index (κ3) is 1.89. The van der Waals surface area contributed by atoms with Crippen LogP contribution in [-0.4, -0.2) is 12.7 Å². The summed E-state index contributed by atoms with van der Waals surface area (Å²) in [5.74, 6) is 1.07. The van der Waals surface area contributed by atoms with E-state index < -0.39 is 0 Å². The second-order valence-electron chi connectivity index (χ2n) is 3.25. The summed E-state index contributed by atoms with van der Waals surface area (Å²) in [7, 11) is 0. The standard InChI is InChI=1S/C10H14O2/c1-3-9(11-7-1)5-6-10-4-2-8-12-10/h1,3,7,10H,2,4-6,8H2. The van der Waals surface area contributed by atoms with Crippen molar-refractivity contribution in [3.8, 4) is 0 Å². The lowest BCUT2D eigenvalue weighted by Gasteiger charge is -2.06. The average Bonchev–Trinajstić information content (AvgIpc) is 2.74. The monoisotopic (exact) mass is 166 g/mol. The van der Waals surface area contributed by atoms with E-state index in [9.17, 15) is 0 Å². The Morgan fingerprint density at radius 3 is 3.17 bits per heavy atom. The summed E-state index contributed by atoms with van der Waals surface area (Å²) < 4.78 is 10.7. The van der Waals surface area contributed by atoms with Gasteiger partial charge in [-0.05, 0) is 31.4 Å². The van der Waals surface area contributed by atoms with Crippen LogP contribution in [0.25, 0.3) is 0 Å². The topological polar surface area (TPSA) is 22.4 Å². The van der Waals surface area contributed by atoms with Crippen LogP contribution in [0.5, 0.6) is 0 Å². The molecule has 0 bridgehead atoms. The molecule has 0 aromatic carbocycles. The molecule has 12 heavy (non-hydrogen) atoms. The summed E-state index contributed by atoms with van der Waals surface area (Å²) in [4.78, 5) is 0. The van der Waals surface area contributed by atoms with E-state index in [1.54, 1.807) is 6.26 Å². The summed E-state index contributed by atoms with van der Waals surface area (Å²) in [5, 5.41) is 0. The molecule has 2 rings (SSSR count). The molecule has 0 N–H and O–H groups in total. The van der Waals surface area contributed by atoms with Gasteiger partial charge in [-0.25, -0.2) is 0 Å². The Morgan fingerprint density at radius 2 is 2.50 bits per heavy atom. The Bertz CT molecular complexity index is 210. The molecule has 1 aliphatic heterocycles. The molecule has 1 fully saturated rings. The van der Waals surface area contributed by atoms with E-state index in [-0.39, 0.29) is 0 Å². The molecular weight excluding hydrogens is 152 g/mol. The highest BCUT2D eigenvalue weighted by atomic mass is 16.5. The molecule has 1 aromatic rings. The minimum Gasteiger partial charge on any atom is -0.469 e. The summed E-state index contributed by atoms with van der Waals surface area (Å²) >= 11 is 0. The molecule has 0 aliphatic carbocycles. The van der Waals surface area contributed by atoms with Crippen molar-refractivity contribution in [1.82, 2.24) is 0 Å². The predicted octanol–water partition coefficient (Wildman–Crippen LogP) is 2.39. The van der Waals surface area contributed by atoms with Crippen molar-refractivity contribution in [3.63, 3.8) is 0 Å². The van der Waals surface area contributed by atoms with Crippen molar-refractivity contribution in [2.75, 3.05) is 6.61 Å². The van der Waals surface area contributed by atoms with Gasteiger partial charge in [-0.3, -0.25) is 0 Å². The minimum atomic E-state index is 0.482. The fourth-order valence-corrected chi connectivity index (χ4v) is 1.63. The number of rotatable bonds is 3. The summed E-state index contributed by atoms with van der Waals surface area (Å²) in [6.07, 6.45) is 6.77. The number of aryl methyl sites for hydroxylation is 1. The molecule has 2 heterocycles. The molecule has 1 aromatic heterocycles. The summed E-state index contributed by atoms with van der Waals surface area (Å²) in [6.45, 7) is 0.947. The first kappa shape index (κ1) is 7.87. The molecule has 1 atom stereocenters. The zero-order chi connectivity index (χ0) is 8.23. The highest BCUT2D eigenvalue weighted by molar-refractivity contribution is 4.98. The molecule has 66 valence electrons. The first-order valence-corrected chi connectivity index (χ1v) is 4.59. The van der Waals surface area contributed by atoms with Gasteiger partial charge >= 0.3 is 0 Å². The van der Waals surface area contributed by atoms with Gasteiger partial charge in [0.15, 0.2) is 0 Å². The third-order valence-electron chi connectivity index (χ3n) is 2.32.